The van der Waals surface area contributed by atoms with E-state index in [1.807, 2.05) is 5.53 Å². The third kappa shape index (κ3) is 3.26. The quantitative estimate of drug-likeness (QED) is 0.567. The minimum Gasteiger partial charge on any atom is -0.267 e. The predicted molar refractivity (Wildman–Crippen MR) is 55.8 cm³/mol. The number of benzene rings is 1. The zero-order valence-electron chi connectivity index (χ0n) is 13.2. The summed E-state index contributed by atoms with van der Waals surface area (Å²) in [5.41, 5.74) is 3.38. The van der Waals surface area contributed by atoms with Gasteiger partial charge in [-0.1, -0.05) is 18.2 Å². The van der Waals surface area contributed by atoms with Crippen LogP contribution in [0.2, 0.25) is 0 Å². The molecule has 0 atom stereocenters. The number of hydrogen-bond acceptors (Lipinski definition) is 3. The van der Waals surface area contributed by atoms with Gasteiger partial charge in [-0.15, -0.1) is 0 Å². The third-order valence-corrected chi connectivity index (χ3v) is 1.37. The van der Waals surface area contributed by atoms with Gasteiger partial charge in [-0.2, -0.15) is 5.10 Å². The van der Waals surface area contributed by atoms with Crippen molar-refractivity contribution in [1.29, 1.82) is 0 Å². The van der Waals surface area contributed by atoms with Crippen molar-refractivity contribution in [2.45, 2.75) is 13.7 Å². The number of nitrogens with one attached hydrogen (secondary N) is 2. The molecule has 0 aliphatic rings. The molecular weight excluding hydrogens is 178 g/mol. The number of nitrogens with zero attached hydrogens (tertiary/aromatic N) is 1. The fourth-order valence-electron chi connectivity index (χ4n) is 0.796. The molecule has 1 aromatic carbocycles. The van der Waals surface area contributed by atoms with Crippen LogP contribution < -0.4 is 11.0 Å². The van der Waals surface area contributed by atoms with E-state index in [0.717, 1.165) is 0 Å². The summed E-state index contributed by atoms with van der Waals surface area (Å²) in [6, 6.07) is 8.09. The van der Waals surface area contributed by atoms with Crippen LogP contribution in [0, 0.1) is 0 Å². The largest absolute Gasteiger partial charge is 0.270 e. The van der Waals surface area contributed by atoms with Crippen molar-refractivity contribution in [2.75, 3.05) is 0 Å². The highest BCUT2D eigenvalue weighted by atomic mass is 16.2. The molecule has 0 fully saturated rings. The lowest BCUT2D eigenvalue weighted by atomic mass is 10.2. The average molecular weight is 197 g/mol. The van der Waals surface area contributed by atoms with Gasteiger partial charge in [-0.3, -0.25) is 4.79 Å². The highest BCUT2D eigenvalue weighted by Gasteiger charge is 2.01. The summed E-state index contributed by atoms with van der Waals surface area (Å²) in [6.07, 6.45) is 0. The predicted octanol–water partition coefficient (Wildman–Crippen LogP) is 1.32. The van der Waals surface area contributed by atoms with Crippen LogP contribution in [-0.4, -0.2) is 11.6 Å². The van der Waals surface area contributed by atoms with Crippen molar-refractivity contribution in [1.82, 2.24) is 11.0 Å². The van der Waals surface area contributed by atoms with Gasteiger partial charge in [0.15, 0.2) is 0 Å². The molecule has 1 aromatic rings. The Morgan fingerprint density at radius 2 is 2.07 bits per heavy atom. The third-order valence-electron chi connectivity index (χ3n) is 1.37. The van der Waals surface area contributed by atoms with Gasteiger partial charge in [0.05, 0.1) is 0 Å². The Balaban J connectivity index is 2.74. The Morgan fingerprint density at radius 3 is 2.71 bits per heavy atom. The van der Waals surface area contributed by atoms with E-state index in [2.05, 4.69) is 10.5 Å². The first-order valence-electron chi connectivity index (χ1n) is 6.81. The second-order valence-electron chi connectivity index (χ2n) is 2.39. The van der Waals surface area contributed by atoms with Crippen molar-refractivity contribution in [3.05, 3.63) is 35.9 Å². The molecule has 14 heavy (non-hydrogen) atoms. The molecule has 0 aliphatic carbocycles. The minimum atomic E-state index is -2.88. The Morgan fingerprint density at radius 1 is 1.36 bits per heavy atom. The average Bonchev–Trinajstić information content (AvgIpc) is 2.32. The van der Waals surface area contributed by atoms with Gasteiger partial charge in [0, 0.05) is 19.5 Å². The summed E-state index contributed by atoms with van der Waals surface area (Å²) in [7, 11) is 0. The fourth-order valence-corrected chi connectivity index (χ4v) is 0.796. The molecule has 74 valence electrons. The Labute approximate surface area is 91.4 Å². The molecule has 0 saturated heterocycles. The monoisotopic (exact) mass is 197 g/mol. The Bertz CT molecular complexity index is 478. The lowest BCUT2D eigenvalue weighted by molar-refractivity contribution is 0.0934. The Kier molecular flexibility index (Phi) is 1.64. The van der Waals surface area contributed by atoms with Gasteiger partial charge in [-0.25, -0.2) is 11.0 Å². The lowest BCUT2D eigenvalue weighted by Gasteiger charge is -2.03. The smallest absolute Gasteiger partial charge is 0.267 e. The van der Waals surface area contributed by atoms with Gasteiger partial charge >= 0.3 is 0 Å². The van der Waals surface area contributed by atoms with Crippen LogP contribution in [0.25, 0.3) is 0 Å². The number of amides is 1. The molecule has 4 nitrogen and oxygen atoms in total. The molecule has 0 heterocycles. The molecule has 0 aromatic heterocycles. The molecule has 4 heteroatoms. The molecule has 0 radical (unpaired) electrons. The van der Waals surface area contributed by atoms with Crippen molar-refractivity contribution < 1.29 is 13.0 Å². The molecular formula is C10H13N3O. The van der Waals surface area contributed by atoms with E-state index in [1.165, 1.54) is 12.1 Å². The van der Waals surface area contributed by atoms with E-state index in [-0.39, 0.29) is 0 Å². The standard InChI is InChI=1S/C10H13N3O/c1-8(2)11-13-12-10(14)9-6-4-3-5-7-9/h3-7,13H,1-2H3,(H,12,14)/i1D3,2D3. The van der Waals surface area contributed by atoms with Gasteiger partial charge < -0.3 is 0 Å². The first kappa shape index (κ1) is 4.59. The first-order valence-corrected chi connectivity index (χ1v) is 3.81. The molecule has 0 spiro atoms. The number of hydrazine groups is 1. The SMILES string of the molecule is [2H]C([2H])([2H])C(=NNNC(=O)c1ccccc1)C([2H])([2H])[2H]. The molecule has 2 N–H and O–H groups in total. The minimum absolute atomic E-state index is 0.319. The van der Waals surface area contributed by atoms with Crippen LogP contribution in [0.15, 0.2) is 35.4 Å². The maximum absolute atomic E-state index is 11.6. The number of carbonyl (C=O) groups excluding carboxylic acids is 1. The van der Waals surface area contributed by atoms with Crippen LogP contribution in [0.4, 0.5) is 0 Å². The second-order valence-corrected chi connectivity index (χ2v) is 2.39. The lowest BCUT2D eigenvalue weighted by Crippen LogP contribution is -2.34. The molecule has 0 aliphatic heterocycles. The van der Waals surface area contributed by atoms with E-state index in [0.29, 0.717) is 5.56 Å². The van der Waals surface area contributed by atoms with Gasteiger partial charge in [-0.05, 0) is 25.8 Å². The van der Waals surface area contributed by atoms with E-state index < -0.39 is 25.3 Å². The second kappa shape index (κ2) is 5.01. The van der Waals surface area contributed by atoms with Gasteiger partial charge in [0.1, 0.15) is 0 Å². The van der Waals surface area contributed by atoms with E-state index in [1.54, 1.807) is 18.2 Å². The highest BCUT2D eigenvalue weighted by Crippen LogP contribution is 1.96. The van der Waals surface area contributed by atoms with Crippen LogP contribution >= 0.6 is 0 Å². The highest BCUT2D eigenvalue weighted by molar-refractivity contribution is 5.93. The van der Waals surface area contributed by atoms with Crippen LogP contribution in [0.1, 0.15) is 32.3 Å². The van der Waals surface area contributed by atoms with Crippen LogP contribution in [0.3, 0.4) is 0 Å². The molecule has 1 rings (SSSR count). The summed E-state index contributed by atoms with van der Waals surface area (Å²) in [5, 5.41) is 3.24. The normalized spacial score (nSPS) is 17.1. The topological polar surface area (TPSA) is 53.5 Å². The number of carbonyl (C=O) groups is 1. The van der Waals surface area contributed by atoms with E-state index in [4.69, 9.17) is 8.22 Å². The van der Waals surface area contributed by atoms with Crippen molar-refractivity contribution in [3.63, 3.8) is 0 Å². The van der Waals surface area contributed by atoms with Gasteiger partial charge in [0.25, 0.3) is 5.91 Å². The molecule has 0 unspecified atom stereocenters. The fraction of sp³-hybridized carbons (Fsp3) is 0.200. The molecule has 0 saturated carbocycles. The van der Waals surface area contributed by atoms with Crippen LogP contribution in [-0.2, 0) is 0 Å². The van der Waals surface area contributed by atoms with E-state index >= 15 is 0 Å². The van der Waals surface area contributed by atoms with Crippen LogP contribution in [0.5, 0.6) is 0 Å². The first-order chi connectivity index (χ1) is 9.12. The summed E-state index contributed by atoms with van der Waals surface area (Å²) < 4.78 is 42.5. The number of rotatable bonds is 3. The van der Waals surface area contributed by atoms with Gasteiger partial charge in [0.2, 0.25) is 0 Å². The number of hydrazone groups is 1. The zero-order chi connectivity index (χ0) is 15.4. The maximum atomic E-state index is 11.6. The summed E-state index contributed by atoms with van der Waals surface area (Å²) in [6.45, 7) is -5.76. The zero-order valence-corrected chi connectivity index (χ0v) is 7.24. The van der Waals surface area contributed by atoms with Crippen molar-refractivity contribution in [3.8, 4) is 0 Å². The van der Waals surface area contributed by atoms with Crippen molar-refractivity contribution >= 4 is 11.6 Å². The van der Waals surface area contributed by atoms with E-state index in [9.17, 15) is 4.79 Å². The number of hydrogen-bond donors (Lipinski definition) is 2. The van der Waals surface area contributed by atoms with Crippen molar-refractivity contribution in [2.24, 2.45) is 5.10 Å². The summed E-state index contributed by atoms with van der Waals surface area (Å²) in [5.74, 6) is -0.565. The molecule has 0 bridgehead atoms. The summed E-state index contributed by atoms with van der Waals surface area (Å²) in [4.78, 5) is 11.6. The molecule has 1 amide bonds. The Hall–Kier alpha value is -1.84. The summed E-state index contributed by atoms with van der Waals surface area (Å²) >= 11 is 0. The maximum Gasteiger partial charge on any atom is 0.270 e.